The monoisotopic (exact) mass is 366 g/mol. The van der Waals surface area contributed by atoms with Gasteiger partial charge in [0.25, 0.3) is 15.9 Å². The highest BCUT2D eigenvalue weighted by molar-refractivity contribution is 7.91. The molecular weight excluding hydrogens is 346 g/mol. The van der Waals surface area contributed by atoms with Crippen molar-refractivity contribution in [2.24, 2.45) is 0 Å². The number of sulfonamides is 1. The molecule has 0 saturated carbocycles. The number of nitrogens with zero attached hydrogens (tertiary/aromatic N) is 2. The third kappa shape index (κ3) is 3.62. The van der Waals surface area contributed by atoms with Crippen LogP contribution < -0.4 is 4.90 Å². The van der Waals surface area contributed by atoms with Gasteiger partial charge in [-0.25, -0.2) is 8.42 Å². The predicted molar refractivity (Wildman–Crippen MR) is 86.9 cm³/mol. The van der Waals surface area contributed by atoms with Gasteiger partial charge in [0.2, 0.25) is 0 Å². The number of carbonyl (C=O) groups is 1. The van der Waals surface area contributed by atoms with Crippen molar-refractivity contribution in [1.29, 1.82) is 0 Å². The molecule has 1 aromatic rings. The number of amides is 1. The molecule has 1 aromatic heterocycles. The first-order valence-electron chi connectivity index (χ1n) is 7.04. The molecule has 9 heteroatoms. The van der Waals surface area contributed by atoms with Gasteiger partial charge in [-0.2, -0.15) is 4.31 Å². The molecule has 1 saturated heterocycles. The van der Waals surface area contributed by atoms with Gasteiger partial charge in [-0.05, 0) is 19.1 Å². The van der Waals surface area contributed by atoms with Crippen LogP contribution in [0, 0.1) is 0 Å². The average molecular weight is 367 g/mol. The molecule has 0 aromatic carbocycles. The molecule has 1 N–H and O–H groups in total. The Balaban J connectivity index is 2.02. The lowest BCUT2D eigenvalue weighted by atomic mass is 10.2. The summed E-state index contributed by atoms with van der Waals surface area (Å²) in [4.78, 5) is 14.7. The van der Waals surface area contributed by atoms with Crippen LogP contribution in [-0.4, -0.2) is 69.8 Å². The van der Waals surface area contributed by atoms with Gasteiger partial charge < -0.3 is 9.80 Å². The van der Waals surface area contributed by atoms with Crippen molar-refractivity contribution in [3.8, 4) is 0 Å². The number of hydrogen-bond acceptors (Lipinski definition) is 4. The molecule has 124 valence electrons. The lowest BCUT2D eigenvalue weighted by molar-refractivity contribution is -0.917. The van der Waals surface area contributed by atoms with Crippen LogP contribution in [0.4, 0.5) is 0 Å². The molecule has 2 heterocycles. The molecule has 1 aliphatic rings. The van der Waals surface area contributed by atoms with Crippen molar-refractivity contribution in [3.63, 3.8) is 0 Å². The molecule has 1 amide bonds. The van der Waals surface area contributed by atoms with E-state index in [0.717, 1.165) is 16.2 Å². The maximum atomic E-state index is 12.5. The van der Waals surface area contributed by atoms with Gasteiger partial charge >= 0.3 is 0 Å². The highest BCUT2D eigenvalue weighted by Crippen LogP contribution is 2.27. The lowest BCUT2D eigenvalue weighted by Gasteiger charge is -2.34. The minimum Gasteiger partial charge on any atom is -0.344 e. The van der Waals surface area contributed by atoms with Crippen LogP contribution in [0.2, 0.25) is 4.34 Å². The Morgan fingerprint density at radius 1 is 1.36 bits per heavy atom. The SMILES string of the molecule is C[C@@H](C(=O)N(C)C)[NH+]1CCN(S(=O)(=O)c2ccc(Cl)s2)CC1. The van der Waals surface area contributed by atoms with Crippen LogP contribution in [0.3, 0.4) is 0 Å². The van der Waals surface area contributed by atoms with Crippen LogP contribution >= 0.6 is 22.9 Å². The molecule has 0 spiro atoms. The Morgan fingerprint density at radius 3 is 2.41 bits per heavy atom. The highest BCUT2D eigenvalue weighted by atomic mass is 35.5. The van der Waals surface area contributed by atoms with Crippen molar-refractivity contribution >= 4 is 38.9 Å². The second-order valence-corrected chi connectivity index (χ2v) is 9.46. The molecule has 1 aliphatic heterocycles. The summed E-state index contributed by atoms with van der Waals surface area (Å²) in [6.45, 7) is 3.97. The minimum absolute atomic E-state index is 0.0661. The number of hydrogen-bond donors (Lipinski definition) is 1. The third-order valence-electron chi connectivity index (χ3n) is 3.93. The van der Waals surface area contributed by atoms with Gasteiger partial charge in [0.1, 0.15) is 4.21 Å². The zero-order valence-corrected chi connectivity index (χ0v) is 15.3. The molecule has 2 rings (SSSR count). The fraction of sp³-hybridized carbons (Fsp3) is 0.615. The largest absolute Gasteiger partial charge is 0.344 e. The molecule has 22 heavy (non-hydrogen) atoms. The summed E-state index contributed by atoms with van der Waals surface area (Å²) in [5.41, 5.74) is 0. The van der Waals surface area contributed by atoms with Crippen LogP contribution in [0.5, 0.6) is 0 Å². The second-order valence-electron chi connectivity index (χ2n) is 5.58. The summed E-state index contributed by atoms with van der Waals surface area (Å²) in [7, 11) is 0.00308. The quantitative estimate of drug-likeness (QED) is 0.800. The summed E-state index contributed by atoms with van der Waals surface area (Å²) in [5.74, 6) is 0.0661. The standard InChI is InChI=1S/C13H20ClN3O3S2/c1-10(13(18)15(2)3)16-6-8-17(9-7-16)22(19,20)12-5-4-11(14)21-12/h4-5,10H,6-9H2,1-3H3/p+1/t10-/m0/s1. The number of nitrogens with one attached hydrogen (secondary N) is 1. The Kier molecular flexibility index (Phi) is 5.50. The average Bonchev–Trinajstić information content (AvgIpc) is 2.93. The Bertz CT molecular complexity index is 637. The minimum atomic E-state index is -3.47. The highest BCUT2D eigenvalue weighted by Gasteiger charge is 2.35. The summed E-state index contributed by atoms with van der Waals surface area (Å²) < 4.78 is 27.2. The topological polar surface area (TPSA) is 62.1 Å². The van der Waals surface area contributed by atoms with Crippen molar-refractivity contribution in [1.82, 2.24) is 9.21 Å². The molecule has 0 unspecified atom stereocenters. The number of thiophene rings is 1. The van der Waals surface area contributed by atoms with E-state index in [-0.39, 0.29) is 16.2 Å². The first-order chi connectivity index (χ1) is 10.2. The maximum absolute atomic E-state index is 12.5. The van der Waals surface area contributed by atoms with Gasteiger partial charge in [0.15, 0.2) is 6.04 Å². The van der Waals surface area contributed by atoms with Crippen molar-refractivity contribution in [2.75, 3.05) is 40.3 Å². The molecule has 6 nitrogen and oxygen atoms in total. The molecule has 0 radical (unpaired) electrons. The molecule has 0 bridgehead atoms. The van der Waals surface area contributed by atoms with Gasteiger partial charge in [0.05, 0.1) is 30.5 Å². The molecular formula is C13H21ClN3O3S2+. The van der Waals surface area contributed by atoms with Crippen LogP contribution in [0.1, 0.15) is 6.92 Å². The van der Waals surface area contributed by atoms with E-state index in [0.29, 0.717) is 30.5 Å². The van der Waals surface area contributed by atoms with E-state index in [1.165, 1.54) is 4.31 Å². The van der Waals surface area contributed by atoms with E-state index in [4.69, 9.17) is 11.6 Å². The van der Waals surface area contributed by atoms with E-state index in [9.17, 15) is 13.2 Å². The number of likely N-dealkylation sites (N-methyl/N-ethyl adjacent to an activating group) is 1. The fourth-order valence-corrected chi connectivity index (χ4v) is 5.65. The Morgan fingerprint density at radius 2 is 1.95 bits per heavy atom. The number of rotatable bonds is 4. The Hall–Kier alpha value is -0.670. The molecule has 1 atom stereocenters. The van der Waals surface area contributed by atoms with E-state index in [2.05, 4.69) is 0 Å². The summed E-state index contributed by atoms with van der Waals surface area (Å²) in [6, 6.07) is 2.98. The van der Waals surface area contributed by atoms with Gasteiger partial charge in [0, 0.05) is 14.1 Å². The van der Waals surface area contributed by atoms with Crippen molar-refractivity contribution in [2.45, 2.75) is 17.2 Å². The van der Waals surface area contributed by atoms with Gasteiger partial charge in [-0.15, -0.1) is 11.3 Å². The number of halogens is 1. The summed E-state index contributed by atoms with van der Waals surface area (Å²) in [6.07, 6.45) is 0. The van der Waals surface area contributed by atoms with E-state index < -0.39 is 10.0 Å². The number of piperazine rings is 1. The van der Waals surface area contributed by atoms with Crippen LogP contribution in [0.15, 0.2) is 16.3 Å². The maximum Gasteiger partial charge on any atom is 0.280 e. The van der Waals surface area contributed by atoms with Crippen LogP contribution in [-0.2, 0) is 14.8 Å². The first-order valence-corrected chi connectivity index (χ1v) is 9.68. The second kappa shape index (κ2) is 6.84. The summed E-state index contributed by atoms with van der Waals surface area (Å²) in [5, 5.41) is 0. The van der Waals surface area contributed by atoms with Crippen molar-refractivity contribution < 1.29 is 18.1 Å². The zero-order chi connectivity index (χ0) is 16.5. The summed E-state index contributed by atoms with van der Waals surface area (Å²) >= 11 is 6.90. The smallest absolute Gasteiger partial charge is 0.280 e. The fourth-order valence-electron chi connectivity index (χ4n) is 2.57. The third-order valence-corrected chi connectivity index (χ3v) is 7.53. The Labute approximate surface area is 140 Å². The lowest BCUT2D eigenvalue weighted by Crippen LogP contribution is -3.19. The van der Waals surface area contributed by atoms with Crippen molar-refractivity contribution in [3.05, 3.63) is 16.5 Å². The van der Waals surface area contributed by atoms with Gasteiger partial charge in [-0.1, -0.05) is 11.6 Å². The first kappa shape index (κ1) is 17.7. The van der Waals surface area contributed by atoms with E-state index >= 15 is 0 Å². The number of carbonyl (C=O) groups excluding carboxylic acids is 1. The van der Waals surface area contributed by atoms with E-state index in [1.54, 1.807) is 31.1 Å². The predicted octanol–water partition coefficient (Wildman–Crippen LogP) is -0.233. The van der Waals surface area contributed by atoms with Crippen LogP contribution in [0.25, 0.3) is 0 Å². The normalized spacial score (nSPS) is 19.1. The van der Waals surface area contributed by atoms with E-state index in [1.807, 2.05) is 6.92 Å². The number of quaternary nitrogens is 1. The molecule has 1 fully saturated rings. The van der Waals surface area contributed by atoms with Gasteiger partial charge in [-0.3, -0.25) is 4.79 Å². The molecule has 0 aliphatic carbocycles. The zero-order valence-electron chi connectivity index (χ0n) is 12.9.